The summed E-state index contributed by atoms with van der Waals surface area (Å²) in [6.45, 7) is 7.12. The fourth-order valence-corrected chi connectivity index (χ4v) is 4.15. The Hall–Kier alpha value is -3.75. The van der Waals surface area contributed by atoms with Crippen LogP contribution in [0.4, 0.5) is 0 Å². The van der Waals surface area contributed by atoms with Crippen LogP contribution in [-0.4, -0.2) is 69.7 Å². The lowest BCUT2D eigenvalue weighted by atomic mass is 10.3. The van der Waals surface area contributed by atoms with E-state index in [2.05, 4.69) is 0 Å². The Morgan fingerprint density at radius 3 is 2.41 bits per heavy atom. The Labute approximate surface area is 198 Å². The Balaban J connectivity index is 1.40. The highest BCUT2D eigenvalue weighted by Crippen LogP contribution is 2.17. The molecule has 4 heterocycles. The molecule has 4 rings (SSSR count). The van der Waals surface area contributed by atoms with Gasteiger partial charge < -0.3 is 28.1 Å². The minimum absolute atomic E-state index is 0.0262. The Morgan fingerprint density at radius 2 is 1.74 bits per heavy atom. The molecule has 1 saturated heterocycles. The fourth-order valence-electron chi connectivity index (χ4n) is 4.15. The number of rotatable bonds is 8. The van der Waals surface area contributed by atoms with Crippen molar-refractivity contribution in [1.82, 2.24) is 19.3 Å². The van der Waals surface area contributed by atoms with E-state index in [0.29, 0.717) is 63.1 Å². The van der Waals surface area contributed by atoms with Crippen LogP contribution < -0.4 is 0 Å². The van der Waals surface area contributed by atoms with Crippen molar-refractivity contribution in [3.05, 3.63) is 71.8 Å². The van der Waals surface area contributed by atoms with Gasteiger partial charge in [-0.25, -0.2) is 0 Å². The van der Waals surface area contributed by atoms with Crippen LogP contribution in [-0.2, 0) is 17.9 Å². The molecular formula is C25H30N4O5. The summed E-state index contributed by atoms with van der Waals surface area (Å²) in [5, 5.41) is 0. The van der Waals surface area contributed by atoms with Crippen LogP contribution >= 0.6 is 0 Å². The molecule has 9 heteroatoms. The van der Waals surface area contributed by atoms with Crippen molar-refractivity contribution < 1.29 is 23.2 Å². The third-order valence-corrected chi connectivity index (χ3v) is 6.00. The average Bonchev–Trinajstić information content (AvgIpc) is 3.61. The minimum Gasteiger partial charge on any atom is -0.459 e. The van der Waals surface area contributed by atoms with Crippen LogP contribution in [0.3, 0.4) is 0 Å². The molecule has 0 aliphatic carbocycles. The van der Waals surface area contributed by atoms with Crippen LogP contribution in [0.15, 0.2) is 57.7 Å². The predicted octanol–water partition coefficient (Wildman–Crippen LogP) is 3.08. The van der Waals surface area contributed by atoms with Gasteiger partial charge in [-0.15, -0.1) is 0 Å². The molecule has 1 aliphatic rings. The summed E-state index contributed by atoms with van der Waals surface area (Å²) in [4.78, 5) is 42.4. The normalized spacial score (nSPS) is 13.8. The van der Waals surface area contributed by atoms with Gasteiger partial charge in [-0.1, -0.05) is 6.92 Å². The van der Waals surface area contributed by atoms with Crippen LogP contribution in [0.1, 0.15) is 52.8 Å². The molecule has 0 unspecified atom stereocenters. The zero-order valence-corrected chi connectivity index (χ0v) is 19.6. The van der Waals surface area contributed by atoms with Crippen molar-refractivity contribution in [3.8, 4) is 0 Å². The summed E-state index contributed by atoms with van der Waals surface area (Å²) in [7, 11) is 0. The number of nitrogens with zero attached hydrogens (tertiary/aromatic N) is 4. The lowest BCUT2D eigenvalue weighted by Gasteiger charge is -2.33. The van der Waals surface area contributed by atoms with E-state index in [0.717, 1.165) is 12.1 Å². The summed E-state index contributed by atoms with van der Waals surface area (Å²) in [6, 6.07) is 10.8. The maximum Gasteiger partial charge on any atom is 0.289 e. The van der Waals surface area contributed by atoms with Gasteiger partial charge in [-0.05, 0) is 42.8 Å². The van der Waals surface area contributed by atoms with Crippen molar-refractivity contribution in [1.29, 1.82) is 0 Å². The molecule has 34 heavy (non-hydrogen) atoms. The second kappa shape index (κ2) is 10.5. The lowest BCUT2D eigenvalue weighted by Crippen LogP contribution is -2.50. The zero-order valence-electron chi connectivity index (χ0n) is 19.6. The van der Waals surface area contributed by atoms with Crippen molar-refractivity contribution in [2.45, 2.75) is 33.4 Å². The second-order valence-electron chi connectivity index (χ2n) is 8.40. The van der Waals surface area contributed by atoms with Crippen molar-refractivity contribution in [2.24, 2.45) is 0 Å². The molecule has 3 aromatic rings. The lowest BCUT2D eigenvalue weighted by molar-refractivity contribution is -0.130. The van der Waals surface area contributed by atoms with Crippen LogP contribution in [0.5, 0.6) is 0 Å². The summed E-state index contributed by atoms with van der Waals surface area (Å²) in [5.74, 6) is 0.988. The van der Waals surface area contributed by atoms with Gasteiger partial charge in [0, 0.05) is 51.5 Å². The maximum absolute atomic E-state index is 12.8. The van der Waals surface area contributed by atoms with E-state index >= 15 is 0 Å². The summed E-state index contributed by atoms with van der Waals surface area (Å²) >= 11 is 0. The van der Waals surface area contributed by atoms with Crippen LogP contribution in [0.25, 0.3) is 0 Å². The largest absolute Gasteiger partial charge is 0.459 e. The topological polar surface area (TPSA) is 92.1 Å². The van der Waals surface area contributed by atoms with Crippen molar-refractivity contribution in [3.63, 3.8) is 0 Å². The molecule has 0 bridgehead atoms. The van der Waals surface area contributed by atoms with Gasteiger partial charge in [0.2, 0.25) is 5.91 Å². The number of piperazine rings is 1. The zero-order chi connectivity index (χ0) is 24.1. The number of hydrogen-bond acceptors (Lipinski definition) is 5. The highest BCUT2D eigenvalue weighted by atomic mass is 16.4. The molecular weight excluding hydrogens is 436 g/mol. The molecule has 0 atom stereocenters. The number of aromatic nitrogens is 1. The van der Waals surface area contributed by atoms with E-state index in [4.69, 9.17) is 8.83 Å². The number of carbonyl (C=O) groups is 3. The second-order valence-corrected chi connectivity index (χ2v) is 8.40. The van der Waals surface area contributed by atoms with Gasteiger partial charge in [0.1, 0.15) is 5.76 Å². The Morgan fingerprint density at radius 1 is 0.971 bits per heavy atom. The third-order valence-electron chi connectivity index (χ3n) is 6.00. The number of carbonyl (C=O) groups excluding carboxylic acids is 3. The molecule has 1 fully saturated rings. The number of amides is 3. The van der Waals surface area contributed by atoms with E-state index in [-0.39, 0.29) is 17.7 Å². The van der Waals surface area contributed by atoms with Gasteiger partial charge in [-0.3, -0.25) is 14.4 Å². The standard InChI is InChI=1S/C25H30N4O5/c1-3-10-29(24(31)22-7-5-16-33-22)17-20-6-4-11-28(20)18-21-8-9-23(34-21)25(32)27-14-12-26(13-15-27)19(2)30/h4-9,11,16H,3,10,12-15,17-18H2,1-2H3. The smallest absolute Gasteiger partial charge is 0.289 e. The third kappa shape index (κ3) is 5.24. The van der Waals surface area contributed by atoms with E-state index in [1.165, 1.54) is 6.26 Å². The molecule has 1 aliphatic heterocycles. The highest BCUT2D eigenvalue weighted by Gasteiger charge is 2.25. The van der Waals surface area contributed by atoms with Crippen molar-refractivity contribution >= 4 is 17.7 Å². The molecule has 0 aromatic carbocycles. The van der Waals surface area contributed by atoms with Gasteiger partial charge >= 0.3 is 0 Å². The Bertz CT molecular complexity index is 1120. The van der Waals surface area contributed by atoms with Gasteiger partial charge in [0.15, 0.2) is 11.5 Å². The first-order valence-corrected chi connectivity index (χ1v) is 11.6. The van der Waals surface area contributed by atoms with E-state index < -0.39 is 0 Å². The van der Waals surface area contributed by atoms with E-state index in [9.17, 15) is 14.4 Å². The molecule has 0 N–H and O–H groups in total. The summed E-state index contributed by atoms with van der Waals surface area (Å²) in [6.07, 6.45) is 4.26. The summed E-state index contributed by atoms with van der Waals surface area (Å²) < 4.78 is 13.2. The minimum atomic E-state index is -0.166. The van der Waals surface area contributed by atoms with Crippen LogP contribution in [0.2, 0.25) is 0 Å². The molecule has 0 spiro atoms. The first kappa shape index (κ1) is 23.4. The summed E-state index contributed by atoms with van der Waals surface area (Å²) in [5.41, 5.74) is 0.956. The quantitative estimate of drug-likeness (QED) is 0.509. The van der Waals surface area contributed by atoms with Gasteiger partial charge in [0.05, 0.1) is 19.4 Å². The first-order valence-electron chi connectivity index (χ1n) is 11.6. The van der Waals surface area contributed by atoms with E-state index in [1.54, 1.807) is 45.9 Å². The molecule has 0 saturated carbocycles. The van der Waals surface area contributed by atoms with E-state index in [1.807, 2.05) is 29.8 Å². The monoisotopic (exact) mass is 466 g/mol. The number of furan rings is 2. The molecule has 3 amide bonds. The SMILES string of the molecule is CCCN(Cc1cccn1Cc1ccc(C(=O)N2CCN(C(C)=O)CC2)o1)C(=O)c1ccco1. The number of hydrogen-bond donors (Lipinski definition) is 0. The average molecular weight is 467 g/mol. The molecule has 9 nitrogen and oxygen atoms in total. The van der Waals surface area contributed by atoms with Gasteiger partial charge in [-0.2, -0.15) is 0 Å². The predicted molar refractivity (Wildman–Crippen MR) is 124 cm³/mol. The maximum atomic E-state index is 12.8. The van der Waals surface area contributed by atoms with Crippen molar-refractivity contribution in [2.75, 3.05) is 32.7 Å². The highest BCUT2D eigenvalue weighted by molar-refractivity contribution is 5.92. The fraction of sp³-hybridized carbons (Fsp3) is 0.400. The van der Waals surface area contributed by atoms with Crippen LogP contribution in [0, 0.1) is 0 Å². The molecule has 3 aromatic heterocycles. The molecule has 0 radical (unpaired) electrons. The van der Waals surface area contributed by atoms with Gasteiger partial charge in [0.25, 0.3) is 11.8 Å². The Kier molecular flexibility index (Phi) is 7.20. The first-order chi connectivity index (χ1) is 16.5. The molecule has 180 valence electrons.